The number of hydrogen-bond donors (Lipinski definition) is 5. The van der Waals surface area contributed by atoms with Crippen LogP contribution in [-0.2, 0) is 35.1 Å². The Kier molecular flexibility index (Phi) is 16.7. The molecule has 2 unspecified atom stereocenters. The first-order valence-electron chi connectivity index (χ1n) is 24.9. The fraction of sp³-hybridized carbons (Fsp3) is 0.400. The average Bonchev–Trinajstić information content (AvgIpc) is 4.14. The van der Waals surface area contributed by atoms with E-state index >= 15 is 0 Å². The zero-order chi connectivity index (χ0) is 53.7. The number of nitrogens with zero attached hydrogens (tertiary/aromatic N) is 6. The molecule has 394 valence electrons. The highest BCUT2D eigenvalue weighted by Crippen LogP contribution is 2.40. The number of ether oxygens (including phenoxy) is 2. The van der Waals surface area contributed by atoms with Gasteiger partial charge in [0, 0.05) is 41.1 Å². The number of aliphatic imine (C=N–C) groups is 1. The molecular weight excluding hydrogens is 995 g/mol. The molecule has 6 aromatic rings. The van der Waals surface area contributed by atoms with E-state index in [1.54, 1.807) is 34.8 Å². The number of aliphatic hydroxyl groups is 1. The van der Waals surface area contributed by atoms with E-state index in [2.05, 4.69) is 31.1 Å². The van der Waals surface area contributed by atoms with Crippen molar-refractivity contribution in [3.8, 4) is 21.2 Å². The van der Waals surface area contributed by atoms with E-state index in [1.165, 1.54) is 4.90 Å². The van der Waals surface area contributed by atoms with Crippen LogP contribution in [0, 0.1) is 33.1 Å². The quantitative estimate of drug-likeness (QED) is 0.0499. The van der Waals surface area contributed by atoms with Gasteiger partial charge in [-0.3, -0.25) is 33.5 Å². The first-order valence-corrected chi connectivity index (χ1v) is 26.6. The highest BCUT2D eigenvalue weighted by molar-refractivity contribution is 7.15. The molecule has 5 N–H and O–H groups in total. The smallest absolute Gasteiger partial charge is 0.306 e. The molecule has 0 bridgehead atoms. The summed E-state index contributed by atoms with van der Waals surface area (Å²) in [5.74, 6) is -0.800. The highest BCUT2D eigenvalue weighted by atomic mass is 32.1. The lowest BCUT2D eigenvalue weighted by Crippen LogP contribution is -2.58. The number of likely N-dealkylation sites (tertiary alicyclic amines) is 1. The number of benzene rings is 3. The fourth-order valence-corrected chi connectivity index (χ4v) is 11.3. The van der Waals surface area contributed by atoms with Crippen LogP contribution in [0.25, 0.3) is 15.4 Å². The van der Waals surface area contributed by atoms with Crippen molar-refractivity contribution in [1.82, 2.24) is 35.3 Å². The second-order valence-electron chi connectivity index (χ2n) is 20.0. The van der Waals surface area contributed by atoms with Crippen molar-refractivity contribution in [2.75, 3.05) is 31.7 Å². The van der Waals surface area contributed by atoms with Crippen molar-refractivity contribution >= 4 is 63.7 Å². The molecule has 3 aromatic carbocycles. The van der Waals surface area contributed by atoms with Crippen LogP contribution in [0.15, 0.2) is 83.3 Å². The largest absolute Gasteiger partial charge is 0.491 e. The van der Waals surface area contributed by atoms with Crippen molar-refractivity contribution in [2.24, 2.45) is 10.4 Å². The lowest BCUT2D eigenvalue weighted by molar-refractivity contribution is -0.144. The minimum absolute atomic E-state index is 0.0409. The molecule has 2 aliphatic rings. The van der Waals surface area contributed by atoms with Crippen molar-refractivity contribution in [3.05, 3.63) is 128 Å². The summed E-state index contributed by atoms with van der Waals surface area (Å²) in [7, 11) is 0. The molecule has 4 amide bonds. The number of aryl methyl sites for hydroxylation is 4. The van der Waals surface area contributed by atoms with Gasteiger partial charge < -0.3 is 40.5 Å². The summed E-state index contributed by atoms with van der Waals surface area (Å²) in [6.07, 6.45) is -0.348. The highest BCUT2D eigenvalue weighted by Gasteiger charge is 2.45. The number of thiazole rings is 1. The molecule has 5 heterocycles. The van der Waals surface area contributed by atoms with Gasteiger partial charge >= 0.3 is 5.97 Å². The Morgan fingerprint density at radius 1 is 0.880 bits per heavy atom. The standard InChI is InChI=1S/C55H63N9O9S2/c1-30-33(4)75-54-47(30)48(59-42(26-46(68)69)51-62-61-34(5)64(51)54)37-16-18-39(19-17-37)58-44(66)22-11-35-9-20-41(21-10-35)73-24-23-72-28-45(67)60-50(55(6,7)8)53(71)63-27-40(65)25-43(63)52(70)57-31(2)36-12-14-38(15-13-36)49-32(3)56-29-74-49/h9-10,12-21,29,31,40,42-43,50,65H,11,22-28H2,1-8H3,(H,57,70)(H,58,66)(H,60,67)(H,68,69)/t31?,40-,42+,43+,50?/m1/s1. The van der Waals surface area contributed by atoms with Gasteiger partial charge in [0.1, 0.15) is 47.9 Å². The number of amides is 4. The first-order chi connectivity index (χ1) is 35.7. The van der Waals surface area contributed by atoms with Crippen molar-refractivity contribution in [1.29, 1.82) is 0 Å². The fourth-order valence-electron chi connectivity index (χ4n) is 9.24. The number of nitrogens with one attached hydrogen (secondary N) is 3. The minimum atomic E-state index is -1.00. The van der Waals surface area contributed by atoms with Gasteiger partial charge in [0.05, 0.1) is 47.0 Å². The van der Waals surface area contributed by atoms with Gasteiger partial charge in [0.15, 0.2) is 5.82 Å². The summed E-state index contributed by atoms with van der Waals surface area (Å²) in [4.78, 5) is 78.8. The Morgan fingerprint density at radius 3 is 2.25 bits per heavy atom. The minimum Gasteiger partial charge on any atom is -0.491 e. The lowest BCUT2D eigenvalue weighted by atomic mass is 9.85. The molecular formula is C55H63N9O9S2. The first kappa shape index (κ1) is 54.1. The van der Waals surface area contributed by atoms with Gasteiger partial charge in [0.2, 0.25) is 23.6 Å². The Morgan fingerprint density at radius 2 is 1.59 bits per heavy atom. The molecule has 2 aliphatic heterocycles. The zero-order valence-corrected chi connectivity index (χ0v) is 44.9. The number of aromatic nitrogens is 4. The predicted octanol–water partition coefficient (Wildman–Crippen LogP) is 7.39. The van der Waals surface area contributed by atoms with E-state index in [-0.39, 0.29) is 63.5 Å². The number of fused-ring (bicyclic) bond motifs is 3. The normalized spacial score (nSPS) is 17.0. The number of rotatable bonds is 19. The lowest BCUT2D eigenvalue weighted by Gasteiger charge is -2.35. The summed E-state index contributed by atoms with van der Waals surface area (Å²) < 4.78 is 13.4. The van der Waals surface area contributed by atoms with Crippen molar-refractivity contribution < 1.29 is 43.7 Å². The summed E-state index contributed by atoms with van der Waals surface area (Å²) in [5.41, 5.74) is 8.89. The predicted molar refractivity (Wildman–Crippen MR) is 287 cm³/mol. The molecule has 20 heteroatoms. The van der Waals surface area contributed by atoms with Crippen LogP contribution in [0.1, 0.15) is 109 Å². The number of aliphatic carboxylic acids is 1. The Labute approximate surface area is 443 Å². The molecule has 0 spiro atoms. The van der Waals surface area contributed by atoms with Crippen LogP contribution in [0.3, 0.4) is 0 Å². The number of hydrogen-bond acceptors (Lipinski definition) is 14. The molecule has 75 heavy (non-hydrogen) atoms. The SMILES string of the molecule is Cc1ncsc1-c1ccc(C(C)NC(=O)[C@@H]2C[C@@H](O)CN2C(=O)C(NC(=O)COCCOc2ccc(CCC(=O)Nc3ccc(C4=N[C@@H](CC(=O)O)c5nnc(C)n5-c5sc(C)c(C)c54)cc3)cc2)C(C)(C)C)cc1. The molecule has 3 aromatic heterocycles. The monoisotopic (exact) mass is 1060 g/mol. The second-order valence-corrected chi connectivity index (χ2v) is 22.1. The second kappa shape index (κ2) is 23.2. The van der Waals surface area contributed by atoms with Gasteiger partial charge in [-0.05, 0) is 93.0 Å². The average molecular weight is 1060 g/mol. The summed E-state index contributed by atoms with van der Waals surface area (Å²) >= 11 is 3.16. The molecule has 0 aliphatic carbocycles. The number of carboxylic acid groups (broad SMARTS) is 1. The number of thiophene rings is 1. The van der Waals surface area contributed by atoms with Crippen LogP contribution >= 0.6 is 22.7 Å². The molecule has 8 rings (SSSR count). The van der Waals surface area contributed by atoms with E-state index in [0.717, 1.165) is 53.8 Å². The maximum Gasteiger partial charge on any atom is 0.306 e. The molecule has 1 saturated heterocycles. The summed E-state index contributed by atoms with van der Waals surface area (Å²) in [5, 5.41) is 38.7. The van der Waals surface area contributed by atoms with E-state index in [9.17, 15) is 34.2 Å². The maximum atomic E-state index is 14.1. The molecule has 5 atom stereocenters. The third kappa shape index (κ3) is 12.7. The number of aliphatic hydroxyl groups excluding tert-OH is 1. The van der Waals surface area contributed by atoms with Gasteiger partial charge in [0.25, 0.3) is 0 Å². The maximum absolute atomic E-state index is 14.1. The summed E-state index contributed by atoms with van der Waals surface area (Å²) in [6, 6.07) is 19.6. The van der Waals surface area contributed by atoms with E-state index in [1.807, 2.05) is 126 Å². The molecule has 0 radical (unpaired) electrons. The van der Waals surface area contributed by atoms with E-state index in [0.29, 0.717) is 35.2 Å². The Hall–Kier alpha value is -7.13. The third-order valence-electron chi connectivity index (χ3n) is 13.4. The van der Waals surface area contributed by atoms with E-state index in [4.69, 9.17) is 14.5 Å². The van der Waals surface area contributed by atoms with Gasteiger partial charge in [-0.15, -0.1) is 32.9 Å². The van der Waals surface area contributed by atoms with Crippen LogP contribution in [0.4, 0.5) is 5.69 Å². The molecule has 0 saturated carbocycles. The number of β-amino-alcohol motifs (C(OH)–C–C–N with tert-alkyl or cyclic N) is 1. The third-order valence-corrected chi connectivity index (χ3v) is 15.6. The van der Waals surface area contributed by atoms with Crippen LogP contribution in [0.5, 0.6) is 5.75 Å². The number of anilines is 1. The Balaban J connectivity index is 0.770. The van der Waals surface area contributed by atoms with Gasteiger partial charge in [-0.2, -0.15) is 0 Å². The van der Waals surface area contributed by atoms with Crippen LogP contribution < -0.4 is 20.7 Å². The van der Waals surface area contributed by atoms with Crippen LogP contribution in [-0.4, -0.2) is 115 Å². The van der Waals surface area contributed by atoms with Crippen LogP contribution in [0.2, 0.25) is 0 Å². The topological polar surface area (TPSA) is 240 Å². The van der Waals surface area contributed by atoms with Crippen molar-refractivity contribution in [2.45, 2.75) is 111 Å². The zero-order valence-electron chi connectivity index (χ0n) is 43.3. The molecule has 18 nitrogen and oxygen atoms in total. The Bertz CT molecular complexity index is 3090. The van der Waals surface area contributed by atoms with Gasteiger partial charge in [-0.25, -0.2) is 4.98 Å². The van der Waals surface area contributed by atoms with E-state index < -0.39 is 47.4 Å². The van der Waals surface area contributed by atoms with Crippen molar-refractivity contribution in [3.63, 3.8) is 0 Å². The summed E-state index contributed by atoms with van der Waals surface area (Å²) in [6.45, 7) is 15.1. The molecule has 1 fully saturated rings. The number of carboxylic acids is 1. The van der Waals surface area contributed by atoms with Gasteiger partial charge in [-0.1, -0.05) is 69.3 Å². The number of carbonyl (C=O) groups is 5. The number of carbonyl (C=O) groups excluding carboxylic acids is 4.